The summed E-state index contributed by atoms with van der Waals surface area (Å²) < 4.78 is 10.4. The number of aryl methyl sites for hydroxylation is 1. The number of amides is 2. The van der Waals surface area contributed by atoms with Crippen LogP contribution in [-0.2, 0) is 22.4 Å². The van der Waals surface area contributed by atoms with E-state index in [1.165, 1.54) is 5.56 Å². The van der Waals surface area contributed by atoms with E-state index in [1.54, 1.807) is 41.5 Å². The van der Waals surface area contributed by atoms with E-state index in [-0.39, 0.29) is 12.5 Å². The molecule has 2 N–H and O–H groups in total. The summed E-state index contributed by atoms with van der Waals surface area (Å²) in [4.78, 5) is 28.3. The van der Waals surface area contributed by atoms with Gasteiger partial charge in [-0.05, 0) is 59.1 Å². The molecular formula is C20H31N3O4. The van der Waals surface area contributed by atoms with Gasteiger partial charge in [-0.25, -0.2) is 14.6 Å². The second kappa shape index (κ2) is 9.39. The standard InChI is InChI=1S/C20H31N3O4/c1-8-14-9-11-15(12-10-14)13-21-16(22-17(24)26-19(2,3)4)23-18(25)27-20(5,6)7/h9-12H,8,13H2,1-7H3,(H2,21,22,23,24,25). The van der Waals surface area contributed by atoms with E-state index < -0.39 is 23.4 Å². The molecule has 0 aromatic heterocycles. The van der Waals surface area contributed by atoms with Crippen molar-refractivity contribution in [1.82, 2.24) is 10.6 Å². The van der Waals surface area contributed by atoms with Gasteiger partial charge in [0.1, 0.15) is 11.2 Å². The molecule has 0 spiro atoms. The number of hydrogen-bond acceptors (Lipinski definition) is 5. The third kappa shape index (κ3) is 10.2. The predicted molar refractivity (Wildman–Crippen MR) is 106 cm³/mol. The molecule has 0 unspecified atom stereocenters. The summed E-state index contributed by atoms with van der Waals surface area (Å²) in [6.07, 6.45) is -0.466. The number of alkyl carbamates (subject to hydrolysis) is 2. The number of nitrogens with zero attached hydrogens (tertiary/aromatic N) is 1. The van der Waals surface area contributed by atoms with Crippen LogP contribution in [0.4, 0.5) is 9.59 Å². The molecule has 2 amide bonds. The summed E-state index contributed by atoms with van der Waals surface area (Å²) in [7, 11) is 0. The largest absolute Gasteiger partial charge is 0.444 e. The summed E-state index contributed by atoms with van der Waals surface area (Å²) in [5.41, 5.74) is 0.831. The topological polar surface area (TPSA) is 89.0 Å². The molecule has 1 aromatic rings. The third-order valence-corrected chi connectivity index (χ3v) is 3.09. The lowest BCUT2D eigenvalue weighted by molar-refractivity contribution is 0.0545. The Morgan fingerprint density at radius 3 is 1.63 bits per heavy atom. The van der Waals surface area contributed by atoms with Crippen LogP contribution in [-0.4, -0.2) is 29.3 Å². The van der Waals surface area contributed by atoms with Crippen molar-refractivity contribution in [3.63, 3.8) is 0 Å². The van der Waals surface area contributed by atoms with Crippen molar-refractivity contribution in [1.29, 1.82) is 0 Å². The molecule has 0 saturated heterocycles. The van der Waals surface area contributed by atoms with Crippen LogP contribution < -0.4 is 10.6 Å². The molecule has 0 aliphatic carbocycles. The molecule has 0 aliphatic heterocycles. The van der Waals surface area contributed by atoms with Crippen molar-refractivity contribution >= 4 is 18.1 Å². The Morgan fingerprint density at radius 2 is 1.26 bits per heavy atom. The van der Waals surface area contributed by atoms with Crippen LogP contribution in [0.5, 0.6) is 0 Å². The molecule has 7 heteroatoms. The van der Waals surface area contributed by atoms with Gasteiger partial charge in [-0.3, -0.25) is 10.6 Å². The smallest absolute Gasteiger partial charge is 0.414 e. The Morgan fingerprint density at radius 1 is 0.852 bits per heavy atom. The fourth-order valence-corrected chi connectivity index (χ4v) is 1.96. The number of ether oxygens (including phenoxy) is 2. The van der Waals surface area contributed by atoms with Gasteiger partial charge in [0, 0.05) is 0 Å². The van der Waals surface area contributed by atoms with Gasteiger partial charge in [0.2, 0.25) is 5.96 Å². The predicted octanol–water partition coefficient (Wildman–Crippen LogP) is 4.15. The molecule has 0 aliphatic rings. The zero-order valence-electron chi connectivity index (χ0n) is 17.3. The summed E-state index contributed by atoms with van der Waals surface area (Å²) in [5, 5.41) is 4.92. The molecule has 0 atom stereocenters. The van der Waals surface area contributed by atoms with E-state index in [0.29, 0.717) is 0 Å². The summed E-state index contributed by atoms with van der Waals surface area (Å²) in [6, 6.07) is 7.96. The highest BCUT2D eigenvalue weighted by Gasteiger charge is 2.21. The van der Waals surface area contributed by atoms with E-state index in [9.17, 15) is 9.59 Å². The number of benzene rings is 1. The summed E-state index contributed by atoms with van der Waals surface area (Å²) in [6.45, 7) is 12.9. The monoisotopic (exact) mass is 377 g/mol. The van der Waals surface area contributed by atoms with Gasteiger partial charge < -0.3 is 9.47 Å². The minimum atomic E-state index is -0.710. The number of carbonyl (C=O) groups excluding carboxylic acids is 2. The maximum atomic E-state index is 12.0. The average Bonchev–Trinajstić information content (AvgIpc) is 2.49. The van der Waals surface area contributed by atoms with Crippen LogP contribution in [0.25, 0.3) is 0 Å². The number of rotatable bonds is 3. The molecule has 0 fully saturated rings. The first-order valence-corrected chi connectivity index (χ1v) is 9.00. The fraction of sp³-hybridized carbons (Fsp3) is 0.550. The molecular weight excluding hydrogens is 346 g/mol. The van der Waals surface area contributed by atoms with Crippen LogP contribution in [0.15, 0.2) is 29.3 Å². The number of hydrogen-bond donors (Lipinski definition) is 2. The molecule has 1 aromatic carbocycles. The van der Waals surface area contributed by atoms with Gasteiger partial charge in [-0.15, -0.1) is 0 Å². The van der Waals surface area contributed by atoms with E-state index in [4.69, 9.17) is 9.47 Å². The van der Waals surface area contributed by atoms with Gasteiger partial charge in [0.25, 0.3) is 0 Å². The Bertz CT molecular complexity index is 636. The quantitative estimate of drug-likeness (QED) is 0.611. The first kappa shape index (κ1) is 22.5. The van der Waals surface area contributed by atoms with Crippen LogP contribution in [0, 0.1) is 0 Å². The summed E-state index contributed by atoms with van der Waals surface area (Å²) in [5.74, 6) is -0.0296. The minimum absolute atomic E-state index is 0.0296. The number of aliphatic imine (C=N–C) groups is 1. The second-order valence-electron chi connectivity index (χ2n) is 8.09. The molecule has 0 bridgehead atoms. The molecule has 150 valence electrons. The first-order valence-electron chi connectivity index (χ1n) is 9.00. The van der Waals surface area contributed by atoms with Crippen molar-refractivity contribution in [2.45, 2.75) is 72.6 Å². The highest BCUT2D eigenvalue weighted by molar-refractivity contribution is 6.01. The van der Waals surface area contributed by atoms with Crippen molar-refractivity contribution in [3.05, 3.63) is 35.4 Å². The fourth-order valence-electron chi connectivity index (χ4n) is 1.96. The van der Waals surface area contributed by atoms with E-state index >= 15 is 0 Å². The molecule has 1 rings (SSSR count). The van der Waals surface area contributed by atoms with Gasteiger partial charge in [-0.1, -0.05) is 31.2 Å². The Hall–Kier alpha value is -2.57. The van der Waals surface area contributed by atoms with Gasteiger partial charge >= 0.3 is 12.2 Å². The molecule has 7 nitrogen and oxygen atoms in total. The molecule has 0 radical (unpaired) electrons. The second-order valence-corrected chi connectivity index (χ2v) is 8.09. The lowest BCUT2D eigenvalue weighted by Crippen LogP contribution is -2.47. The highest BCUT2D eigenvalue weighted by atomic mass is 16.6. The number of carbonyl (C=O) groups is 2. The van der Waals surface area contributed by atoms with Crippen LogP contribution in [0.2, 0.25) is 0 Å². The molecule has 0 heterocycles. The van der Waals surface area contributed by atoms with Crippen molar-refractivity contribution in [2.75, 3.05) is 0 Å². The Kier molecular flexibility index (Phi) is 7.82. The third-order valence-electron chi connectivity index (χ3n) is 3.09. The SMILES string of the molecule is CCc1ccc(CN=C(NC(=O)OC(C)(C)C)NC(=O)OC(C)(C)C)cc1. The van der Waals surface area contributed by atoms with Crippen LogP contribution >= 0.6 is 0 Å². The lowest BCUT2D eigenvalue weighted by atomic mass is 10.1. The minimum Gasteiger partial charge on any atom is -0.444 e. The lowest BCUT2D eigenvalue weighted by Gasteiger charge is -2.22. The number of guanidine groups is 1. The number of nitrogens with one attached hydrogen (secondary N) is 2. The average molecular weight is 377 g/mol. The first-order chi connectivity index (χ1) is 12.4. The maximum Gasteiger partial charge on any atom is 0.414 e. The van der Waals surface area contributed by atoms with E-state index in [2.05, 4.69) is 22.5 Å². The Balaban J connectivity index is 2.87. The van der Waals surface area contributed by atoms with Crippen molar-refractivity contribution < 1.29 is 19.1 Å². The Labute approximate surface area is 161 Å². The zero-order chi connectivity index (χ0) is 20.7. The highest BCUT2D eigenvalue weighted by Crippen LogP contribution is 2.09. The van der Waals surface area contributed by atoms with E-state index in [1.807, 2.05) is 24.3 Å². The van der Waals surface area contributed by atoms with E-state index in [0.717, 1.165) is 12.0 Å². The van der Waals surface area contributed by atoms with Crippen LogP contribution in [0.1, 0.15) is 59.6 Å². The van der Waals surface area contributed by atoms with Gasteiger partial charge in [-0.2, -0.15) is 0 Å². The maximum absolute atomic E-state index is 12.0. The van der Waals surface area contributed by atoms with Crippen molar-refractivity contribution in [2.24, 2.45) is 4.99 Å². The summed E-state index contributed by atoms with van der Waals surface area (Å²) >= 11 is 0. The van der Waals surface area contributed by atoms with Gasteiger partial charge in [0.05, 0.1) is 6.54 Å². The molecule has 27 heavy (non-hydrogen) atoms. The zero-order valence-corrected chi connectivity index (χ0v) is 17.3. The molecule has 0 saturated carbocycles. The normalized spacial score (nSPS) is 11.4. The van der Waals surface area contributed by atoms with Crippen LogP contribution in [0.3, 0.4) is 0 Å². The van der Waals surface area contributed by atoms with Gasteiger partial charge in [0.15, 0.2) is 0 Å². The van der Waals surface area contributed by atoms with Crippen molar-refractivity contribution in [3.8, 4) is 0 Å².